The van der Waals surface area contributed by atoms with Gasteiger partial charge in [0.05, 0.1) is 0 Å². The first kappa shape index (κ1) is 9.13. The summed E-state index contributed by atoms with van der Waals surface area (Å²) in [6, 6.07) is 0. The van der Waals surface area contributed by atoms with E-state index in [1.807, 2.05) is 18.2 Å². The average Bonchev–Trinajstić information content (AvgIpc) is 1.65. The summed E-state index contributed by atoms with van der Waals surface area (Å²) < 4.78 is -0.0174. The summed E-state index contributed by atoms with van der Waals surface area (Å²) in [5.74, 6) is 0. The van der Waals surface area contributed by atoms with Crippen molar-refractivity contribution in [3.8, 4) is 0 Å². The lowest BCUT2D eigenvalue weighted by Gasteiger charge is -2.19. The van der Waals surface area contributed by atoms with Gasteiger partial charge in [0.15, 0.2) is 0 Å². The van der Waals surface area contributed by atoms with E-state index in [9.17, 15) is 5.21 Å². The van der Waals surface area contributed by atoms with Gasteiger partial charge in [-0.3, -0.25) is 0 Å². The smallest absolute Gasteiger partial charge is 0.132 e. The summed E-state index contributed by atoms with van der Waals surface area (Å²) in [5, 5.41) is 9.17. The Bertz CT molecular complexity index is 140. The van der Waals surface area contributed by atoms with Crippen LogP contribution in [0.3, 0.4) is 0 Å². The SMILES string of the molecule is C[N+]1(O)C=CC=CC1.[I-]. The number of rotatable bonds is 0. The van der Waals surface area contributed by atoms with Crippen LogP contribution in [0.2, 0.25) is 0 Å². The van der Waals surface area contributed by atoms with Crippen molar-refractivity contribution >= 4 is 0 Å². The van der Waals surface area contributed by atoms with Crippen molar-refractivity contribution in [2.45, 2.75) is 0 Å². The standard InChI is InChI=1S/C6H10NO.HI/c1-7(8)5-3-2-4-6-7;/h2-5,8H,6H2,1H3;1H/q+1;/p-1. The number of hydrogen-bond donors (Lipinski definition) is 1. The van der Waals surface area contributed by atoms with E-state index in [1.54, 1.807) is 13.2 Å². The molecule has 3 heteroatoms. The van der Waals surface area contributed by atoms with Gasteiger partial charge in [-0.15, -0.1) is 0 Å². The molecule has 0 saturated carbocycles. The quantitative estimate of drug-likeness (QED) is 0.379. The Hall–Kier alpha value is 0.130. The fourth-order valence-corrected chi connectivity index (χ4v) is 0.649. The number of halogens is 1. The molecule has 0 saturated heterocycles. The van der Waals surface area contributed by atoms with Crippen LogP contribution in [0, 0.1) is 0 Å². The van der Waals surface area contributed by atoms with E-state index in [0.29, 0.717) is 6.54 Å². The maximum absolute atomic E-state index is 9.17. The van der Waals surface area contributed by atoms with E-state index in [0.717, 1.165) is 0 Å². The predicted molar refractivity (Wildman–Crippen MR) is 31.1 cm³/mol. The molecule has 1 rings (SSSR count). The summed E-state index contributed by atoms with van der Waals surface area (Å²) in [6.07, 6.45) is 7.43. The van der Waals surface area contributed by atoms with Gasteiger partial charge in [0.25, 0.3) is 0 Å². The summed E-state index contributed by atoms with van der Waals surface area (Å²) in [7, 11) is 1.74. The average molecular weight is 239 g/mol. The van der Waals surface area contributed by atoms with E-state index in [1.165, 1.54) is 0 Å². The molecular weight excluding hydrogens is 229 g/mol. The number of hydrogen-bond acceptors (Lipinski definition) is 1. The predicted octanol–water partition coefficient (Wildman–Crippen LogP) is -2.09. The molecule has 0 aromatic carbocycles. The van der Waals surface area contributed by atoms with E-state index in [2.05, 4.69) is 0 Å². The number of allylic oxidation sites excluding steroid dienone is 2. The molecule has 0 spiro atoms. The Balaban J connectivity index is 0.000000640. The Labute approximate surface area is 72.0 Å². The lowest BCUT2D eigenvalue weighted by atomic mass is 10.4. The van der Waals surface area contributed by atoms with Crippen molar-refractivity contribution in [1.29, 1.82) is 0 Å². The van der Waals surface area contributed by atoms with Crippen LogP contribution < -0.4 is 24.0 Å². The topological polar surface area (TPSA) is 20.2 Å². The van der Waals surface area contributed by atoms with Gasteiger partial charge in [-0.05, 0) is 12.2 Å². The highest BCUT2D eigenvalue weighted by Crippen LogP contribution is 2.02. The molecule has 0 aromatic heterocycles. The molecule has 1 heterocycles. The van der Waals surface area contributed by atoms with Gasteiger partial charge < -0.3 is 24.0 Å². The highest BCUT2D eigenvalue weighted by molar-refractivity contribution is 5.02. The van der Waals surface area contributed by atoms with E-state index >= 15 is 0 Å². The first-order chi connectivity index (χ1) is 3.71. The highest BCUT2D eigenvalue weighted by atomic mass is 127. The summed E-state index contributed by atoms with van der Waals surface area (Å²) >= 11 is 0. The molecule has 2 nitrogen and oxygen atoms in total. The molecule has 0 amide bonds. The molecule has 1 N–H and O–H groups in total. The van der Waals surface area contributed by atoms with Crippen molar-refractivity contribution in [3.63, 3.8) is 0 Å². The number of hydroxylamine groups is 3. The fourth-order valence-electron chi connectivity index (χ4n) is 0.649. The Morgan fingerprint density at radius 3 is 2.33 bits per heavy atom. The van der Waals surface area contributed by atoms with Gasteiger partial charge in [-0.25, -0.2) is 5.21 Å². The minimum atomic E-state index is -0.0174. The van der Waals surface area contributed by atoms with Crippen LogP contribution in [0.1, 0.15) is 0 Å². The van der Waals surface area contributed by atoms with E-state index in [4.69, 9.17) is 0 Å². The van der Waals surface area contributed by atoms with Gasteiger partial charge >= 0.3 is 0 Å². The molecular formula is C6H10INO. The molecule has 52 valence electrons. The van der Waals surface area contributed by atoms with E-state index in [-0.39, 0.29) is 28.6 Å². The van der Waals surface area contributed by atoms with Crippen molar-refractivity contribution in [1.82, 2.24) is 0 Å². The first-order valence-corrected chi connectivity index (χ1v) is 2.63. The van der Waals surface area contributed by atoms with Gasteiger partial charge in [-0.2, -0.15) is 4.65 Å². The van der Waals surface area contributed by atoms with Crippen LogP contribution in [0.4, 0.5) is 0 Å². The minimum Gasteiger partial charge on any atom is -1.00 e. The third-order valence-corrected chi connectivity index (χ3v) is 1.13. The maximum Gasteiger partial charge on any atom is 0.132 e. The van der Waals surface area contributed by atoms with Crippen LogP contribution >= 0.6 is 0 Å². The zero-order valence-corrected chi connectivity index (χ0v) is 7.45. The van der Waals surface area contributed by atoms with Crippen molar-refractivity contribution < 1.29 is 33.8 Å². The van der Waals surface area contributed by atoms with Crippen molar-refractivity contribution in [2.75, 3.05) is 13.6 Å². The fraction of sp³-hybridized carbons (Fsp3) is 0.333. The second-order valence-electron chi connectivity index (χ2n) is 2.17. The molecule has 1 atom stereocenters. The molecule has 0 bridgehead atoms. The van der Waals surface area contributed by atoms with Crippen LogP contribution in [0.25, 0.3) is 0 Å². The van der Waals surface area contributed by atoms with Gasteiger partial charge in [0, 0.05) is 0 Å². The second kappa shape index (κ2) is 3.34. The Kier molecular flexibility index (Phi) is 3.38. The van der Waals surface area contributed by atoms with Crippen LogP contribution in [-0.2, 0) is 0 Å². The van der Waals surface area contributed by atoms with E-state index < -0.39 is 0 Å². The van der Waals surface area contributed by atoms with Crippen LogP contribution in [-0.4, -0.2) is 23.4 Å². The van der Waals surface area contributed by atoms with Gasteiger partial charge in [0.1, 0.15) is 19.8 Å². The molecule has 0 radical (unpaired) electrons. The van der Waals surface area contributed by atoms with Gasteiger partial charge in [-0.1, -0.05) is 6.08 Å². The molecule has 9 heavy (non-hydrogen) atoms. The van der Waals surface area contributed by atoms with Crippen molar-refractivity contribution in [2.24, 2.45) is 0 Å². The number of quaternary nitrogens is 1. The highest BCUT2D eigenvalue weighted by Gasteiger charge is 2.12. The monoisotopic (exact) mass is 239 g/mol. The minimum absolute atomic E-state index is 0. The second-order valence-corrected chi connectivity index (χ2v) is 2.17. The molecule has 1 unspecified atom stereocenters. The molecule has 1 aliphatic heterocycles. The number of nitrogens with zero attached hydrogens (tertiary/aromatic N) is 1. The maximum atomic E-state index is 9.17. The summed E-state index contributed by atoms with van der Waals surface area (Å²) in [4.78, 5) is 0. The molecule has 0 aromatic rings. The third kappa shape index (κ3) is 2.98. The summed E-state index contributed by atoms with van der Waals surface area (Å²) in [5.41, 5.74) is 0. The normalized spacial score (nSPS) is 31.8. The van der Waals surface area contributed by atoms with Crippen LogP contribution in [0.5, 0.6) is 0 Å². The Morgan fingerprint density at radius 2 is 2.11 bits per heavy atom. The van der Waals surface area contributed by atoms with Crippen molar-refractivity contribution in [3.05, 3.63) is 24.4 Å². The van der Waals surface area contributed by atoms with Crippen LogP contribution in [0.15, 0.2) is 24.4 Å². The zero-order chi connectivity index (χ0) is 6.04. The molecule has 0 aliphatic carbocycles. The van der Waals surface area contributed by atoms with Gasteiger partial charge in [0.2, 0.25) is 0 Å². The molecule has 0 fully saturated rings. The lowest BCUT2D eigenvalue weighted by Crippen LogP contribution is -3.00. The Morgan fingerprint density at radius 1 is 1.44 bits per heavy atom. The third-order valence-electron chi connectivity index (χ3n) is 1.13. The first-order valence-electron chi connectivity index (χ1n) is 2.63. The zero-order valence-electron chi connectivity index (χ0n) is 5.29. The summed E-state index contributed by atoms with van der Waals surface area (Å²) in [6.45, 7) is 0.677. The number of likely N-dealkylation sites (N-methyl/N-ethyl adjacent to an activating group) is 1. The largest absolute Gasteiger partial charge is 1.00 e. The lowest BCUT2D eigenvalue weighted by molar-refractivity contribution is -1.04. The molecule has 1 aliphatic rings.